The van der Waals surface area contributed by atoms with E-state index in [0.29, 0.717) is 6.54 Å². The summed E-state index contributed by atoms with van der Waals surface area (Å²) in [7, 11) is 0. The van der Waals surface area contributed by atoms with E-state index in [9.17, 15) is 0 Å². The number of unbranched alkanes of at least 4 members (excludes halogenated alkanes) is 2. The number of nitrogens with two attached hydrogens (primary N) is 1. The molecular formula is C9H22N2O. The van der Waals surface area contributed by atoms with E-state index in [4.69, 9.17) is 10.8 Å². The highest BCUT2D eigenvalue weighted by Gasteiger charge is 2.15. The van der Waals surface area contributed by atoms with Crippen LogP contribution in [0.1, 0.15) is 39.5 Å². The highest BCUT2D eigenvalue weighted by molar-refractivity contribution is 4.74. The number of hydrogen-bond donors (Lipinski definition) is 3. The van der Waals surface area contributed by atoms with E-state index in [1.165, 1.54) is 12.8 Å². The molecule has 0 fully saturated rings. The fourth-order valence-corrected chi connectivity index (χ4v) is 1.17. The molecule has 0 aromatic heterocycles. The maximum Gasteiger partial charge on any atom is 0.0633 e. The van der Waals surface area contributed by atoms with Crippen LogP contribution in [0.5, 0.6) is 0 Å². The quantitative estimate of drug-likeness (QED) is 0.396. The van der Waals surface area contributed by atoms with E-state index in [0.717, 1.165) is 12.8 Å². The third kappa shape index (κ3) is 6.58. The van der Waals surface area contributed by atoms with Gasteiger partial charge in [0.15, 0.2) is 0 Å². The van der Waals surface area contributed by atoms with Gasteiger partial charge in [-0.15, -0.1) is 0 Å². The molecule has 0 aromatic rings. The third-order valence-electron chi connectivity index (χ3n) is 1.94. The van der Waals surface area contributed by atoms with Crippen LogP contribution < -0.4 is 11.1 Å². The third-order valence-corrected chi connectivity index (χ3v) is 1.94. The lowest BCUT2D eigenvalue weighted by atomic mass is 10.0. The topological polar surface area (TPSA) is 58.3 Å². The highest BCUT2D eigenvalue weighted by Crippen LogP contribution is 2.08. The molecule has 4 N–H and O–H groups in total. The number of rotatable bonds is 7. The minimum Gasteiger partial charge on any atom is -0.395 e. The van der Waals surface area contributed by atoms with Crippen LogP contribution in [0.25, 0.3) is 0 Å². The largest absolute Gasteiger partial charge is 0.395 e. The molecule has 0 spiro atoms. The van der Waals surface area contributed by atoms with Crippen LogP contribution in [0.2, 0.25) is 0 Å². The average molecular weight is 174 g/mol. The SMILES string of the molecule is CCCCCC(C)(N)NCCO. The fourth-order valence-electron chi connectivity index (χ4n) is 1.17. The van der Waals surface area contributed by atoms with Crippen molar-refractivity contribution in [1.82, 2.24) is 5.32 Å². The summed E-state index contributed by atoms with van der Waals surface area (Å²) in [5, 5.41) is 11.7. The van der Waals surface area contributed by atoms with Gasteiger partial charge in [-0.3, -0.25) is 5.32 Å². The maximum atomic E-state index is 8.58. The lowest BCUT2D eigenvalue weighted by Gasteiger charge is -2.25. The van der Waals surface area contributed by atoms with Crippen LogP contribution in [0.3, 0.4) is 0 Å². The molecule has 0 rings (SSSR count). The number of aliphatic hydroxyl groups excluding tert-OH is 1. The molecule has 3 heteroatoms. The molecule has 0 heterocycles. The first-order chi connectivity index (χ1) is 5.62. The summed E-state index contributed by atoms with van der Waals surface area (Å²) in [5.74, 6) is 0. The molecule has 0 aliphatic heterocycles. The second kappa shape index (κ2) is 6.40. The van der Waals surface area contributed by atoms with Crippen molar-refractivity contribution in [3.05, 3.63) is 0 Å². The Morgan fingerprint density at radius 1 is 1.42 bits per heavy atom. The Labute approximate surface area is 75.3 Å². The van der Waals surface area contributed by atoms with Gasteiger partial charge in [0.1, 0.15) is 0 Å². The van der Waals surface area contributed by atoms with Gasteiger partial charge in [0.2, 0.25) is 0 Å². The zero-order valence-corrected chi connectivity index (χ0v) is 8.27. The van der Waals surface area contributed by atoms with Crippen molar-refractivity contribution in [2.24, 2.45) is 5.73 Å². The minimum atomic E-state index is -0.308. The van der Waals surface area contributed by atoms with Crippen LogP contribution in [0, 0.1) is 0 Å². The van der Waals surface area contributed by atoms with Crippen LogP contribution in [0.15, 0.2) is 0 Å². The van der Waals surface area contributed by atoms with Crippen molar-refractivity contribution in [3.8, 4) is 0 Å². The molecule has 0 bridgehead atoms. The lowest BCUT2D eigenvalue weighted by molar-refractivity contribution is 0.252. The highest BCUT2D eigenvalue weighted by atomic mass is 16.3. The zero-order valence-electron chi connectivity index (χ0n) is 8.27. The van der Waals surface area contributed by atoms with Crippen LogP contribution >= 0.6 is 0 Å². The van der Waals surface area contributed by atoms with E-state index in [2.05, 4.69) is 12.2 Å². The normalized spacial score (nSPS) is 16.0. The van der Waals surface area contributed by atoms with E-state index in [1.807, 2.05) is 6.92 Å². The Morgan fingerprint density at radius 2 is 2.08 bits per heavy atom. The van der Waals surface area contributed by atoms with Gasteiger partial charge in [-0.1, -0.05) is 26.2 Å². The minimum absolute atomic E-state index is 0.153. The monoisotopic (exact) mass is 174 g/mol. The zero-order chi connectivity index (χ0) is 9.45. The van der Waals surface area contributed by atoms with E-state index in [-0.39, 0.29) is 12.3 Å². The molecule has 0 aliphatic carbocycles. The Morgan fingerprint density at radius 3 is 2.58 bits per heavy atom. The van der Waals surface area contributed by atoms with Crippen molar-refractivity contribution in [1.29, 1.82) is 0 Å². The van der Waals surface area contributed by atoms with Crippen molar-refractivity contribution in [3.63, 3.8) is 0 Å². The van der Waals surface area contributed by atoms with Gasteiger partial charge < -0.3 is 10.8 Å². The Balaban J connectivity index is 3.42. The van der Waals surface area contributed by atoms with Crippen molar-refractivity contribution < 1.29 is 5.11 Å². The maximum absolute atomic E-state index is 8.58. The van der Waals surface area contributed by atoms with E-state index < -0.39 is 0 Å². The molecule has 0 saturated carbocycles. The Kier molecular flexibility index (Phi) is 6.34. The standard InChI is InChI=1S/C9H22N2O/c1-3-4-5-6-9(2,10)11-7-8-12/h11-12H,3-8,10H2,1-2H3. The van der Waals surface area contributed by atoms with Gasteiger partial charge in [-0.25, -0.2) is 0 Å². The average Bonchev–Trinajstić information content (AvgIpc) is 2.01. The van der Waals surface area contributed by atoms with Crippen LogP contribution in [-0.4, -0.2) is 23.9 Å². The second-order valence-electron chi connectivity index (χ2n) is 3.52. The molecule has 3 nitrogen and oxygen atoms in total. The molecule has 0 radical (unpaired) electrons. The number of nitrogens with one attached hydrogen (secondary N) is 1. The smallest absolute Gasteiger partial charge is 0.0633 e. The van der Waals surface area contributed by atoms with Gasteiger partial charge in [0, 0.05) is 6.54 Å². The Hall–Kier alpha value is -0.120. The summed E-state index contributed by atoms with van der Waals surface area (Å²) in [4.78, 5) is 0. The summed E-state index contributed by atoms with van der Waals surface area (Å²) >= 11 is 0. The molecule has 1 unspecified atom stereocenters. The summed E-state index contributed by atoms with van der Waals surface area (Å²) in [6.45, 7) is 4.88. The van der Waals surface area contributed by atoms with Crippen molar-refractivity contribution >= 4 is 0 Å². The van der Waals surface area contributed by atoms with Gasteiger partial charge in [0.25, 0.3) is 0 Å². The summed E-state index contributed by atoms with van der Waals surface area (Å²) in [6.07, 6.45) is 4.58. The van der Waals surface area contributed by atoms with E-state index >= 15 is 0 Å². The Bertz CT molecular complexity index is 105. The predicted octanol–water partition coefficient (Wildman–Crippen LogP) is 0.824. The van der Waals surface area contributed by atoms with Gasteiger partial charge in [0.05, 0.1) is 12.3 Å². The van der Waals surface area contributed by atoms with Crippen molar-refractivity contribution in [2.45, 2.75) is 45.2 Å². The molecule has 1 atom stereocenters. The molecule has 0 saturated heterocycles. The second-order valence-corrected chi connectivity index (χ2v) is 3.52. The molecule has 0 amide bonds. The number of hydrogen-bond acceptors (Lipinski definition) is 3. The molecule has 0 aliphatic rings. The number of aliphatic hydroxyl groups is 1. The fraction of sp³-hybridized carbons (Fsp3) is 1.00. The molecule has 0 aromatic carbocycles. The van der Waals surface area contributed by atoms with Gasteiger partial charge in [-0.2, -0.15) is 0 Å². The molecular weight excluding hydrogens is 152 g/mol. The first-order valence-electron chi connectivity index (χ1n) is 4.77. The molecule has 74 valence electrons. The van der Waals surface area contributed by atoms with Gasteiger partial charge in [-0.05, 0) is 13.3 Å². The summed E-state index contributed by atoms with van der Waals surface area (Å²) in [5.41, 5.74) is 5.61. The predicted molar refractivity (Wildman–Crippen MR) is 51.8 cm³/mol. The molecule has 12 heavy (non-hydrogen) atoms. The first kappa shape index (κ1) is 11.9. The van der Waals surface area contributed by atoms with Crippen molar-refractivity contribution in [2.75, 3.05) is 13.2 Å². The van der Waals surface area contributed by atoms with Crippen LogP contribution in [-0.2, 0) is 0 Å². The summed E-state index contributed by atoms with van der Waals surface area (Å²) < 4.78 is 0. The lowest BCUT2D eigenvalue weighted by Crippen LogP contribution is -2.51. The van der Waals surface area contributed by atoms with Crippen LogP contribution in [0.4, 0.5) is 0 Å². The van der Waals surface area contributed by atoms with E-state index in [1.54, 1.807) is 0 Å². The van der Waals surface area contributed by atoms with Gasteiger partial charge >= 0.3 is 0 Å². The first-order valence-corrected chi connectivity index (χ1v) is 4.77. The summed E-state index contributed by atoms with van der Waals surface area (Å²) in [6, 6.07) is 0.